The van der Waals surface area contributed by atoms with E-state index in [1.165, 1.54) is 0 Å². The molecular weight excluding hydrogens is 382 g/mol. The number of carbonyl (C=O) groups is 1. The minimum absolute atomic E-state index is 0.135. The Kier molecular flexibility index (Phi) is 8.49. The van der Waals surface area contributed by atoms with Crippen LogP contribution in [-0.2, 0) is 22.5 Å². The zero-order chi connectivity index (χ0) is 17.9. The fourth-order valence-corrected chi connectivity index (χ4v) is 2.85. The molecule has 5 heteroatoms. The number of ether oxygens (including phenoxy) is 2. The van der Waals surface area contributed by atoms with Crippen molar-refractivity contribution in [1.82, 2.24) is 5.32 Å². The van der Waals surface area contributed by atoms with Gasteiger partial charge in [-0.3, -0.25) is 0 Å². The molecule has 0 aliphatic rings. The monoisotopic (exact) mass is 405 g/mol. The van der Waals surface area contributed by atoms with Crippen molar-refractivity contribution in [2.75, 3.05) is 13.2 Å². The summed E-state index contributed by atoms with van der Waals surface area (Å²) in [5.74, 6) is 0. The summed E-state index contributed by atoms with van der Waals surface area (Å²) in [4.78, 5) is 12.1. The van der Waals surface area contributed by atoms with Crippen LogP contribution in [0.1, 0.15) is 24.5 Å². The molecule has 4 nitrogen and oxygen atoms in total. The molecule has 0 fully saturated rings. The maximum atomic E-state index is 12.1. The number of hydrogen-bond donors (Lipinski definition) is 1. The quantitative estimate of drug-likeness (QED) is 0.614. The highest BCUT2D eigenvalue weighted by molar-refractivity contribution is 9.10. The summed E-state index contributed by atoms with van der Waals surface area (Å²) in [6.45, 7) is 3.45. The summed E-state index contributed by atoms with van der Waals surface area (Å²) < 4.78 is 12.0. The Morgan fingerprint density at radius 3 is 2.60 bits per heavy atom. The summed E-state index contributed by atoms with van der Waals surface area (Å²) in [7, 11) is 0. The van der Waals surface area contributed by atoms with Crippen LogP contribution in [0.2, 0.25) is 0 Å². The number of carbonyl (C=O) groups excluding carboxylic acids is 1. The highest BCUT2D eigenvalue weighted by atomic mass is 79.9. The van der Waals surface area contributed by atoms with Crippen molar-refractivity contribution in [2.24, 2.45) is 0 Å². The van der Waals surface area contributed by atoms with Gasteiger partial charge in [0.15, 0.2) is 0 Å². The Bertz CT molecular complexity index is 648. The number of hydrogen-bond acceptors (Lipinski definition) is 3. The van der Waals surface area contributed by atoms with Crippen LogP contribution >= 0.6 is 15.9 Å². The Labute approximate surface area is 157 Å². The van der Waals surface area contributed by atoms with Gasteiger partial charge in [0.05, 0.1) is 12.6 Å². The molecule has 0 saturated carbocycles. The van der Waals surface area contributed by atoms with Gasteiger partial charge >= 0.3 is 6.09 Å². The molecule has 1 amide bonds. The fourth-order valence-electron chi connectivity index (χ4n) is 2.40. The molecule has 0 aliphatic carbocycles. The van der Waals surface area contributed by atoms with Crippen LogP contribution in [0.5, 0.6) is 0 Å². The van der Waals surface area contributed by atoms with Crippen molar-refractivity contribution in [3.8, 4) is 0 Å². The smallest absolute Gasteiger partial charge is 0.407 e. The van der Waals surface area contributed by atoms with Crippen molar-refractivity contribution in [3.05, 3.63) is 70.2 Å². The molecule has 1 N–H and O–H groups in total. The third-order valence-corrected chi connectivity index (χ3v) is 4.07. The van der Waals surface area contributed by atoms with Gasteiger partial charge in [0.1, 0.15) is 6.61 Å². The van der Waals surface area contributed by atoms with Gasteiger partial charge in [-0.25, -0.2) is 4.79 Å². The largest absolute Gasteiger partial charge is 0.445 e. The lowest BCUT2D eigenvalue weighted by Crippen LogP contribution is -2.40. The lowest BCUT2D eigenvalue weighted by Gasteiger charge is -2.19. The molecule has 2 aromatic carbocycles. The zero-order valence-electron chi connectivity index (χ0n) is 14.4. The average Bonchev–Trinajstić information content (AvgIpc) is 2.61. The van der Waals surface area contributed by atoms with Crippen LogP contribution in [0.15, 0.2) is 59.1 Å². The standard InChI is InChI=1S/C20H24BrNO3/c1-2-11-24-15-19(13-17-9-6-10-18(21)12-17)22-20(23)25-14-16-7-4-3-5-8-16/h3-10,12,19H,2,11,13-15H2,1H3,(H,22,23). The molecule has 25 heavy (non-hydrogen) atoms. The van der Waals surface area contributed by atoms with Crippen LogP contribution in [-0.4, -0.2) is 25.3 Å². The first-order chi connectivity index (χ1) is 12.2. The van der Waals surface area contributed by atoms with E-state index in [4.69, 9.17) is 9.47 Å². The van der Waals surface area contributed by atoms with E-state index in [0.717, 1.165) is 22.0 Å². The second-order valence-electron chi connectivity index (χ2n) is 5.81. The molecule has 0 aromatic heterocycles. The van der Waals surface area contributed by atoms with Crippen LogP contribution < -0.4 is 5.32 Å². The molecule has 0 bridgehead atoms. The maximum Gasteiger partial charge on any atom is 0.407 e. The lowest BCUT2D eigenvalue weighted by molar-refractivity contribution is 0.0979. The third-order valence-electron chi connectivity index (χ3n) is 3.57. The van der Waals surface area contributed by atoms with E-state index in [0.29, 0.717) is 19.6 Å². The van der Waals surface area contributed by atoms with E-state index in [2.05, 4.69) is 28.2 Å². The molecule has 0 saturated heterocycles. The molecule has 2 aromatic rings. The molecule has 0 aliphatic heterocycles. The van der Waals surface area contributed by atoms with Gasteiger partial charge in [0, 0.05) is 11.1 Å². The van der Waals surface area contributed by atoms with Crippen LogP contribution in [0.4, 0.5) is 4.79 Å². The molecule has 2 rings (SSSR count). The first-order valence-electron chi connectivity index (χ1n) is 8.46. The summed E-state index contributed by atoms with van der Waals surface area (Å²) >= 11 is 3.47. The molecule has 1 unspecified atom stereocenters. The Balaban J connectivity index is 1.88. The number of alkyl carbamates (subject to hydrolysis) is 1. The predicted octanol–water partition coefficient (Wildman–Crippen LogP) is 4.71. The minimum atomic E-state index is -0.427. The van der Waals surface area contributed by atoms with Crippen LogP contribution in [0.25, 0.3) is 0 Å². The highest BCUT2D eigenvalue weighted by Gasteiger charge is 2.15. The zero-order valence-corrected chi connectivity index (χ0v) is 16.0. The van der Waals surface area contributed by atoms with Crippen molar-refractivity contribution in [3.63, 3.8) is 0 Å². The van der Waals surface area contributed by atoms with Crippen molar-refractivity contribution >= 4 is 22.0 Å². The SMILES string of the molecule is CCCOCC(Cc1cccc(Br)c1)NC(=O)OCc1ccccc1. The van der Waals surface area contributed by atoms with Gasteiger partial charge in [-0.05, 0) is 36.1 Å². The van der Waals surface area contributed by atoms with Crippen molar-refractivity contribution in [2.45, 2.75) is 32.4 Å². The number of rotatable bonds is 9. The first kappa shape index (κ1) is 19.5. The highest BCUT2D eigenvalue weighted by Crippen LogP contribution is 2.13. The van der Waals surface area contributed by atoms with Gasteiger partial charge in [0.25, 0.3) is 0 Å². The number of halogens is 1. The van der Waals surface area contributed by atoms with E-state index >= 15 is 0 Å². The normalized spacial score (nSPS) is 11.8. The molecule has 134 valence electrons. The summed E-state index contributed by atoms with van der Waals surface area (Å²) in [5, 5.41) is 2.91. The van der Waals surface area contributed by atoms with Gasteiger partial charge in [0.2, 0.25) is 0 Å². The van der Waals surface area contributed by atoms with Crippen LogP contribution in [0, 0.1) is 0 Å². The molecule has 0 spiro atoms. The van der Waals surface area contributed by atoms with E-state index in [1.54, 1.807) is 0 Å². The third kappa shape index (κ3) is 7.71. The second-order valence-corrected chi connectivity index (χ2v) is 6.73. The molecule has 0 heterocycles. The Hall–Kier alpha value is -1.85. The Morgan fingerprint density at radius 2 is 1.88 bits per heavy atom. The summed E-state index contributed by atoms with van der Waals surface area (Å²) in [6.07, 6.45) is 1.20. The van der Waals surface area contributed by atoms with Crippen molar-refractivity contribution in [1.29, 1.82) is 0 Å². The van der Waals surface area contributed by atoms with Gasteiger partial charge in [-0.1, -0.05) is 65.3 Å². The molecular formula is C20H24BrNO3. The number of nitrogens with one attached hydrogen (secondary N) is 1. The van der Waals surface area contributed by atoms with Crippen LogP contribution in [0.3, 0.4) is 0 Å². The van der Waals surface area contributed by atoms with E-state index < -0.39 is 6.09 Å². The number of amides is 1. The Morgan fingerprint density at radius 1 is 1.12 bits per heavy atom. The van der Waals surface area contributed by atoms with Gasteiger partial charge in [-0.15, -0.1) is 0 Å². The first-order valence-corrected chi connectivity index (χ1v) is 9.26. The van der Waals surface area contributed by atoms with Gasteiger partial charge in [-0.2, -0.15) is 0 Å². The van der Waals surface area contributed by atoms with Crippen molar-refractivity contribution < 1.29 is 14.3 Å². The fraction of sp³-hybridized carbons (Fsp3) is 0.350. The summed E-state index contributed by atoms with van der Waals surface area (Å²) in [5.41, 5.74) is 2.09. The average molecular weight is 406 g/mol. The van der Waals surface area contributed by atoms with E-state index in [1.807, 2.05) is 54.6 Å². The predicted molar refractivity (Wildman–Crippen MR) is 103 cm³/mol. The topological polar surface area (TPSA) is 47.6 Å². The second kappa shape index (κ2) is 10.9. The molecule has 0 radical (unpaired) electrons. The summed E-state index contributed by atoms with van der Waals surface area (Å²) in [6, 6.07) is 17.5. The van der Waals surface area contributed by atoms with E-state index in [9.17, 15) is 4.79 Å². The minimum Gasteiger partial charge on any atom is -0.445 e. The lowest BCUT2D eigenvalue weighted by atomic mass is 10.1. The number of benzene rings is 2. The maximum absolute atomic E-state index is 12.1. The molecule has 1 atom stereocenters. The van der Waals surface area contributed by atoms with E-state index in [-0.39, 0.29) is 12.6 Å². The van der Waals surface area contributed by atoms with Gasteiger partial charge < -0.3 is 14.8 Å².